The second-order valence-electron chi connectivity index (χ2n) is 3.86. The first-order valence-electron chi connectivity index (χ1n) is 5.87. The fourth-order valence-corrected chi connectivity index (χ4v) is 2.12. The highest BCUT2D eigenvalue weighted by atomic mass is 79.9. The van der Waals surface area contributed by atoms with Gasteiger partial charge in [-0.2, -0.15) is 0 Å². The second-order valence-corrected chi connectivity index (χ2v) is 4.61. The normalized spacial score (nSPS) is 10.9. The molecule has 0 aromatic carbocycles. The summed E-state index contributed by atoms with van der Waals surface area (Å²) in [5.41, 5.74) is 1.24. The SMILES string of the molecule is CCCCCCn1nnc(Br)c1CCC. The molecule has 0 unspecified atom stereocenters. The molecule has 4 heteroatoms. The number of hydrogen-bond acceptors (Lipinski definition) is 2. The van der Waals surface area contributed by atoms with Crippen molar-refractivity contribution >= 4 is 15.9 Å². The second kappa shape index (κ2) is 6.99. The molecule has 0 saturated heterocycles. The summed E-state index contributed by atoms with van der Waals surface area (Å²) in [5, 5.41) is 8.22. The molecule has 1 heterocycles. The Morgan fingerprint density at radius 3 is 2.60 bits per heavy atom. The molecule has 86 valence electrons. The van der Waals surface area contributed by atoms with Crippen LogP contribution in [-0.4, -0.2) is 15.0 Å². The predicted molar refractivity (Wildman–Crippen MR) is 65.9 cm³/mol. The molecule has 3 nitrogen and oxygen atoms in total. The summed E-state index contributed by atoms with van der Waals surface area (Å²) in [6.07, 6.45) is 7.30. The summed E-state index contributed by atoms with van der Waals surface area (Å²) in [7, 11) is 0. The van der Waals surface area contributed by atoms with Gasteiger partial charge in [0.1, 0.15) is 0 Å². The Hall–Kier alpha value is -0.380. The first-order valence-corrected chi connectivity index (χ1v) is 6.66. The molecular formula is C11H20BrN3. The number of aryl methyl sites for hydroxylation is 1. The lowest BCUT2D eigenvalue weighted by atomic mass is 10.2. The number of nitrogens with zero attached hydrogens (tertiary/aromatic N) is 3. The topological polar surface area (TPSA) is 30.7 Å². The van der Waals surface area contributed by atoms with E-state index in [2.05, 4.69) is 40.1 Å². The Morgan fingerprint density at radius 1 is 1.13 bits per heavy atom. The number of halogens is 1. The maximum atomic E-state index is 4.15. The van der Waals surface area contributed by atoms with Crippen molar-refractivity contribution in [2.75, 3.05) is 0 Å². The Kier molecular flexibility index (Phi) is 5.91. The zero-order chi connectivity index (χ0) is 11.1. The summed E-state index contributed by atoms with van der Waals surface area (Å²) in [5.74, 6) is 0. The average molecular weight is 274 g/mol. The third kappa shape index (κ3) is 3.93. The summed E-state index contributed by atoms with van der Waals surface area (Å²) in [6.45, 7) is 5.42. The monoisotopic (exact) mass is 273 g/mol. The van der Waals surface area contributed by atoms with Crippen LogP contribution in [0.25, 0.3) is 0 Å². The summed E-state index contributed by atoms with van der Waals surface area (Å²) >= 11 is 3.45. The van der Waals surface area contributed by atoms with Crippen LogP contribution in [-0.2, 0) is 13.0 Å². The van der Waals surface area contributed by atoms with Gasteiger partial charge in [-0.1, -0.05) is 44.7 Å². The van der Waals surface area contributed by atoms with Crippen LogP contribution < -0.4 is 0 Å². The molecule has 0 aliphatic rings. The standard InChI is InChI=1S/C11H20BrN3/c1-3-5-6-7-9-15-10(8-4-2)11(12)13-14-15/h3-9H2,1-2H3. The van der Waals surface area contributed by atoms with Crippen molar-refractivity contribution in [3.05, 3.63) is 10.3 Å². The van der Waals surface area contributed by atoms with Gasteiger partial charge in [-0.05, 0) is 28.8 Å². The molecule has 15 heavy (non-hydrogen) atoms. The predicted octanol–water partition coefficient (Wildman–Crippen LogP) is 3.57. The van der Waals surface area contributed by atoms with Gasteiger partial charge in [-0.3, -0.25) is 0 Å². The Balaban J connectivity index is 2.45. The van der Waals surface area contributed by atoms with Gasteiger partial charge in [0, 0.05) is 6.54 Å². The van der Waals surface area contributed by atoms with Gasteiger partial charge < -0.3 is 0 Å². The van der Waals surface area contributed by atoms with Crippen LogP contribution in [0.1, 0.15) is 51.6 Å². The zero-order valence-electron chi connectivity index (χ0n) is 9.67. The van der Waals surface area contributed by atoms with E-state index in [1.54, 1.807) is 0 Å². The van der Waals surface area contributed by atoms with Crippen LogP contribution in [0.2, 0.25) is 0 Å². The molecule has 0 aliphatic heterocycles. The molecule has 0 atom stereocenters. The highest BCUT2D eigenvalue weighted by Crippen LogP contribution is 2.15. The van der Waals surface area contributed by atoms with Crippen molar-refractivity contribution in [1.82, 2.24) is 15.0 Å². The van der Waals surface area contributed by atoms with Crippen LogP contribution >= 0.6 is 15.9 Å². The smallest absolute Gasteiger partial charge is 0.151 e. The molecule has 0 spiro atoms. The zero-order valence-corrected chi connectivity index (χ0v) is 11.3. The Labute approximate surface area is 100 Å². The van der Waals surface area contributed by atoms with Crippen molar-refractivity contribution in [1.29, 1.82) is 0 Å². The van der Waals surface area contributed by atoms with Gasteiger partial charge in [-0.25, -0.2) is 4.68 Å². The van der Waals surface area contributed by atoms with E-state index >= 15 is 0 Å². The van der Waals surface area contributed by atoms with Crippen LogP contribution in [0.3, 0.4) is 0 Å². The minimum atomic E-state index is 0.917. The minimum Gasteiger partial charge on any atom is -0.248 e. The average Bonchev–Trinajstić information content (AvgIpc) is 2.57. The van der Waals surface area contributed by atoms with E-state index in [1.807, 2.05) is 4.68 Å². The highest BCUT2D eigenvalue weighted by molar-refractivity contribution is 9.10. The first kappa shape index (κ1) is 12.7. The molecule has 0 saturated carbocycles. The number of aromatic nitrogens is 3. The molecule has 0 amide bonds. The van der Waals surface area contributed by atoms with Crippen LogP contribution in [0, 0.1) is 0 Å². The lowest BCUT2D eigenvalue weighted by molar-refractivity contribution is 0.510. The summed E-state index contributed by atoms with van der Waals surface area (Å²) < 4.78 is 2.96. The Bertz CT molecular complexity index is 283. The lowest BCUT2D eigenvalue weighted by Crippen LogP contribution is -2.05. The van der Waals surface area contributed by atoms with E-state index in [0.29, 0.717) is 0 Å². The molecule has 0 N–H and O–H groups in total. The number of hydrogen-bond donors (Lipinski definition) is 0. The third-order valence-electron chi connectivity index (χ3n) is 2.50. The molecule has 0 fully saturated rings. The van der Waals surface area contributed by atoms with Gasteiger partial charge in [0.2, 0.25) is 0 Å². The lowest BCUT2D eigenvalue weighted by Gasteiger charge is -2.05. The van der Waals surface area contributed by atoms with E-state index in [-0.39, 0.29) is 0 Å². The molecule has 1 aromatic heterocycles. The minimum absolute atomic E-state index is 0.917. The van der Waals surface area contributed by atoms with Crippen molar-refractivity contribution in [2.24, 2.45) is 0 Å². The van der Waals surface area contributed by atoms with Gasteiger partial charge in [0.05, 0.1) is 5.69 Å². The van der Waals surface area contributed by atoms with Crippen LogP contribution in [0.15, 0.2) is 4.60 Å². The highest BCUT2D eigenvalue weighted by Gasteiger charge is 2.08. The fraction of sp³-hybridized carbons (Fsp3) is 0.818. The summed E-state index contributed by atoms with van der Waals surface area (Å²) in [6, 6.07) is 0. The van der Waals surface area contributed by atoms with Crippen molar-refractivity contribution < 1.29 is 0 Å². The van der Waals surface area contributed by atoms with Gasteiger partial charge >= 0.3 is 0 Å². The van der Waals surface area contributed by atoms with E-state index < -0.39 is 0 Å². The quantitative estimate of drug-likeness (QED) is 0.711. The fourth-order valence-electron chi connectivity index (χ4n) is 1.65. The molecule has 0 bridgehead atoms. The summed E-state index contributed by atoms with van der Waals surface area (Å²) in [4.78, 5) is 0. The van der Waals surface area contributed by atoms with E-state index in [0.717, 1.165) is 24.0 Å². The largest absolute Gasteiger partial charge is 0.248 e. The molecule has 1 rings (SSSR count). The van der Waals surface area contributed by atoms with Crippen molar-refractivity contribution in [3.8, 4) is 0 Å². The van der Waals surface area contributed by atoms with Crippen molar-refractivity contribution in [2.45, 2.75) is 58.9 Å². The number of unbranched alkanes of at least 4 members (excludes halogenated alkanes) is 3. The first-order chi connectivity index (χ1) is 7.29. The molecule has 0 radical (unpaired) electrons. The van der Waals surface area contributed by atoms with E-state index in [1.165, 1.54) is 31.4 Å². The molecular weight excluding hydrogens is 254 g/mol. The molecule has 0 aliphatic carbocycles. The van der Waals surface area contributed by atoms with E-state index in [9.17, 15) is 0 Å². The van der Waals surface area contributed by atoms with Gasteiger partial charge in [-0.15, -0.1) is 5.10 Å². The Morgan fingerprint density at radius 2 is 1.93 bits per heavy atom. The van der Waals surface area contributed by atoms with E-state index in [4.69, 9.17) is 0 Å². The van der Waals surface area contributed by atoms with Crippen molar-refractivity contribution in [3.63, 3.8) is 0 Å². The third-order valence-corrected chi connectivity index (χ3v) is 3.12. The van der Waals surface area contributed by atoms with Crippen LogP contribution in [0.5, 0.6) is 0 Å². The maximum absolute atomic E-state index is 4.15. The number of rotatable bonds is 7. The van der Waals surface area contributed by atoms with Gasteiger partial charge in [0.25, 0.3) is 0 Å². The van der Waals surface area contributed by atoms with Crippen LogP contribution in [0.4, 0.5) is 0 Å². The molecule has 1 aromatic rings. The maximum Gasteiger partial charge on any atom is 0.151 e. The van der Waals surface area contributed by atoms with Gasteiger partial charge in [0.15, 0.2) is 4.60 Å².